The molecule has 1 amide bonds. The number of hydrogen-bond acceptors (Lipinski definition) is 3. The van der Waals surface area contributed by atoms with E-state index in [-0.39, 0.29) is 5.91 Å². The highest BCUT2D eigenvalue weighted by atomic mass is 16.1. The van der Waals surface area contributed by atoms with Crippen molar-refractivity contribution < 1.29 is 4.79 Å². The van der Waals surface area contributed by atoms with Gasteiger partial charge in [0.25, 0.3) is 0 Å². The van der Waals surface area contributed by atoms with E-state index in [1.54, 1.807) is 6.20 Å². The predicted molar refractivity (Wildman–Crippen MR) is 69.9 cm³/mol. The topological polar surface area (TPSA) is 72.9 Å². The molecule has 3 N–H and O–H groups in total. The van der Waals surface area contributed by atoms with Crippen molar-refractivity contribution in [2.75, 3.05) is 7.05 Å². The Balaban J connectivity index is 2.23. The molecular weight excluding hydrogens is 228 g/mol. The molecule has 0 aliphatic heterocycles. The minimum Gasteiger partial charge on any atom is -0.368 e. The lowest BCUT2D eigenvalue weighted by molar-refractivity contribution is -0.125. The van der Waals surface area contributed by atoms with E-state index in [2.05, 4.69) is 21.8 Å². The molecule has 18 heavy (non-hydrogen) atoms. The molecule has 0 saturated heterocycles. The molecule has 1 unspecified atom stereocenters. The average Bonchev–Trinajstić information content (AvgIpc) is 3.10. The molecular formula is C13H22N4O. The lowest BCUT2D eigenvalue weighted by Crippen LogP contribution is -2.58. The number of amides is 1. The normalized spacial score (nSPS) is 18.6. The highest BCUT2D eigenvalue weighted by Gasteiger charge is 2.49. The van der Waals surface area contributed by atoms with Gasteiger partial charge in [-0.05, 0) is 32.2 Å². The maximum Gasteiger partial charge on any atom is 0.239 e. The Kier molecular flexibility index (Phi) is 3.71. The monoisotopic (exact) mass is 250 g/mol. The minimum atomic E-state index is -0.622. The number of hydrogen-bond donors (Lipinski definition) is 2. The van der Waals surface area contributed by atoms with Gasteiger partial charge in [-0.2, -0.15) is 0 Å². The molecule has 0 radical (unpaired) electrons. The molecule has 1 aromatic heterocycles. The first-order chi connectivity index (χ1) is 8.64. The Morgan fingerprint density at radius 1 is 1.67 bits per heavy atom. The van der Waals surface area contributed by atoms with Gasteiger partial charge < -0.3 is 15.6 Å². The molecule has 0 bridgehead atoms. The number of imidazole rings is 1. The van der Waals surface area contributed by atoms with Crippen molar-refractivity contribution in [3.8, 4) is 0 Å². The van der Waals surface area contributed by atoms with Crippen LogP contribution in [0.1, 0.15) is 32.0 Å². The molecule has 1 atom stereocenters. The quantitative estimate of drug-likeness (QED) is 0.747. The van der Waals surface area contributed by atoms with Crippen LogP contribution in [0.25, 0.3) is 0 Å². The molecule has 1 fully saturated rings. The standard InChI is InChI=1S/C13H22N4O/c1-3-4-11-16-7-8-17(11)9-13(15-2,12(14)18)10-5-6-10/h7-8,10,15H,3-6,9H2,1-2H3,(H2,14,18). The van der Waals surface area contributed by atoms with Crippen molar-refractivity contribution in [1.29, 1.82) is 0 Å². The Morgan fingerprint density at radius 3 is 2.89 bits per heavy atom. The fraction of sp³-hybridized carbons (Fsp3) is 0.692. The van der Waals surface area contributed by atoms with E-state index in [9.17, 15) is 4.79 Å². The fourth-order valence-corrected chi connectivity index (χ4v) is 2.60. The molecule has 0 spiro atoms. The van der Waals surface area contributed by atoms with Crippen LogP contribution in [-0.2, 0) is 17.8 Å². The summed E-state index contributed by atoms with van der Waals surface area (Å²) in [6.45, 7) is 2.71. The summed E-state index contributed by atoms with van der Waals surface area (Å²) in [7, 11) is 1.82. The van der Waals surface area contributed by atoms with Gasteiger partial charge in [-0.15, -0.1) is 0 Å². The Bertz CT molecular complexity index is 424. The van der Waals surface area contributed by atoms with Crippen molar-refractivity contribution in [1.82, 2.24) is 14.9 Å². The number of carbonyl (C=O) groups is 1. The van der Waals surface area contributed by atoms with E-state index < -0.39 is 5.54 Å². The number of likely N-dealkylation sites (N-methyl/N-ethyl adjacent to an activating group) is 1. The highest BCUT2D eigenvalue weighted by molar-refractivity contribution is 5.85. The largest absolute Gasteiger partial charge is 0.368 e. The van der Waals surface area contributed by atoms with Crippen LogP contribution >= 0.6 is 0 Å². The molecule has 1 saturated carbocycles. The van der Waals surface area contributed by atoms with E-state index in [0.29, 0.717) is 12.5 Å². The second-order valence-electron chi connectivity index (χ2n) is 5.08. The molecule has 1 aliphatic rings. The molecule has 5 heteroatoms. The highest BCUT2D eigenvalue weighted by Crippen LogP contribution is 2.40. The van der Waals surface area contributed by atoms with Crippen LogP contribution in [0.3, 0.4) is 0 Å². The first-order valence-corrected chi connectivity index (χ1v) is 6.63. The molecule has 0 aromatic carbocycles. The number of nitrogens with one attached hydrogen (secondary N) is 1. The van der Waals surface area contributed by atoms with Crippen molar-refractivity contribution in [3.63, 3.8) is 0 Å². The van der Waals surface area contributed by atoms with Gasteiger partial charge in [0.15, 0.2) is 0 Å². The van der Waals surface area contributed by atoms with Gasteiger partial charge in [-0.1, -0.05) is 6.92 Å². The second kappa shape index (κ2) is 5.10. The Labute approximate surface area is 108 Å². The number of aromatic nitrogens is 2. The summed E-state index contributed by atoms with van der Waals surface area (Å²) in [4.78, 5) is 16.2. The van der Waals surface area contributed by atoms with E-state index in [4.69, 9.17) is 5.73 Å². The molecule has 2 rings (SSSR count). The fourth-order valence-electron chi connectivity index (χ4n) is 2.60. The van der Waals surface area contributed by atoms with Crippen LogP contribution in [-0.4, -0.2) is 28.0 Å². The van der Waals surface area contributed by atoms with Crippen LogP contribution in [0.5, 0.6) is 0 Å². The van der Waals surface area contributed by atoms with Crippen LogP contribution in [0.15, 0.2) is 12.4 Å². The molecule has 5 nitrogen and oxygen atoms in total. The SMILES string of the molecule is CCCc1nccn1CC(NC)(C(N)=O)C1CC1. The maximum absolute atomic E-state index is 11.9. The van der Waals surface area contributed by atoms with Crippen molar-refractivity contribution in [3.05, 3.63) is 18.2 Å². The van der Waals surface area contributed by atoms with Gasteiger partial charge in [0, 0.05) is 18.8 Å². The zero-order chi connectivity index (χ0) is 13.2. The van der Waals surface area contributed by atoms with Gasteiger partial charge in [0.1, 0.15) is 11.4 Å². The third kappa shape index (κ3) is 2.27. The van der Waals surface area contributed by atoms with Gasteiger partial charge >= 0.3 is 0 Å². The molecule has 1 aliphatic carbocycles. The van der Waals surface area contributed by atoms with Gasteiger partial charge in [-0.25, -0.2) is 4.98 Å². The minimum absolute atomic E-state index is 0.261. The van der Waals surface area contributed by atoms with Crippen LogP contribution in [0.4, 0.5) is 0 Å². The van der Waals surface area contributed by atoms with Gasteiger partial charge in [0.2, 0.25) is 5.91 Å². The third-order valence-electron chi connectivity index (χ3n) is 3.86. The zero-order valence-electron chi connectivity index (χ0n) is 11.1. The van der Waals surface area contributed by atoms with Crippen molar-refractivity contribution >= 4 is 5.91 Å². The average molecular weight is 250 g/mol. The Morgan fingerprint density at radius 2 is 2.39 bits per heavy atom. The van der Waals surface area contributed by atoms with E-state index in [1.165, 1.54) is 0 Å². The smallest absolute Gasteiger partial charge is 0.239 e. The van der Waals surface area contributed by atoms with Crippen molar-refractivity contribution in [2.45, 2.75) is 44.7 Å². The summed E-state index contributed by atoms with van der Waals surface area (Å²) in [6.07, 6.45) is 7.84. The van der Waals surface area contributed by atoms with Crippen LogP contribution in [0, 0.1) is 5.92 Å². The molecule has 1 heterocycles. The van der Waals surface area contributed by atoms with Crippen LogP contribution < -0.4 is 11.1 Å². The van der Waals surface area contributed by atoms with Gasteiger partial charge in [-0.3, -0.25) is 4.79 Å². The number of aryl methyl sites for hydroxylation is 1. The Hall–Kier alpha value is -1.36. The first-order valence-electron chi connectivity index (χ1n) is 6.63. The molecule has 100 valence electrons. The lowest BCUT2D eigenvalue weighted by Gasteiger charge is -2.31. The van der Waals surface area contributed by atoms with E-state index in [1.807, 2.05) is 13.2 Å². The number of carbonyl (C=O) groups excluding carboxylic acids is 1. The summed E-state index contributed by atoms with van der Waals surface area (Å²) in [5, 5.41) is 3.16. The summed E-state index contributed by atoms with van der Waals surface area (Å²) < 4.78 is 2.06. The second-order valence-corrected chi connectivity index (χ2v) is 5.08. The number of rotatable bonds is 7. The summed E-state index contributed by atoms with van der Waals surface area (Å²) in [6, 6.07) is 0. The summed E-state index contributed by atoms with van der Waals surface area (Å²) in [5.74, 6) is 1.12. The van der Waals surface area contributed by atoms with E-state index in [0.717, 1.165) is 31.5 Å². The lowest BCUT2D eigenvalue weighted by atomic mass is 9.92. The van der Waals surface area contributed by atoms with Gasteiger partial charge in [0.05, 0.1) is 6.54 Å². The third-order valence-corrected chi connectivity index (χ3v) is 3.86. The number of primary amides is 1. The molecule has 1 aromatic rings. The summed E-state index contributed by atoms with van der Waals surface area (Å²) in [5.41, 5.74) is 5.01. The predicted octanol–water partition coefficient (Wildman–Crippen LogP) is 0.689. The zero-order valence-corrected chi connectivity index (χ0v) is 11.1. The van der Waals surface area contributed by atoms with Crippen molar-refractivity contribution in [2.24, 2.45) is 11.7 Å². The number of nitrogens with two attached hydrogens (primary N) is 1. The first kappa shape index (κ1) is 13.1. The van der Waals surface area contributed by atoms with Crippen LogP contribution in [0.2, 0.25) is 0 Å². The number of nitrogens with zero attached hydrogens (tertiary/aromatic N) is 2. The summed E-state index contributed by atoms with van der Waals surface area (Å²) >= 11 is 0. The van der Waals surface area contributed by atoms with E-state index >= 15 is 0 Å². The maximum atomic E-state index is 11.9.